The van der Waals surface area contributed by atoms with E-state index in [0.29, 0.717) is 30.0 Å². The SMILES string of the molecule is COc1ccc(CNC(=O)c2cnc(Cl)nc2Nc2cccc(NC(=O)OC(C)(C)Cc3cccc(N)c3)c2)cc1. The summed E-state index contributed by atoms with van der Waals surface area (Å²) < 4.78 is 10.8. The van der Waals surface area contributed by atoms with Crippen LogP contribution in [0, 0.1) is 0 Å². The molecule has 5 N–H and O–H groups in total. The van der Waals surface area contributed by atoms with Gasteiger partial charge < -0.3 is 25.8 Å². The fourth-order valence-electron chi connectivity index (χ4n) is 4.08. The molecular weight excluding hydrogens is 544 g/mol. The van der Waals surface area contributed by atoms with Crippen molar-refractivity contribution < 1.29 is 19.1 Å². The fourth-order valence-corrected chi connectivity index (χ4v) is 4.21. The van der Waals surface area contributed by atoms with E-state index in [1.54, 1.807) is 37.4 Å². The van der Waals surface area contributed by atoms with Gasteiger partial charge in [0.1, 0.15) is 22.7 Å². The highest BCUT2D eigenvalue weighted by molar-refractivity contribution is 6.28. The van der Waals surface area contributed by atoms with Gasteiger partial charge in [0.05, 0.1) is 7.11 Å². The van der Waals surface area contributed by atoms with Gasteiger partial charge in [0.25, 0.3) is 5.91 Å². The molecule has 212 valence electrons. The highest BCUT2D eigenvalue weighted by Crippen LogP contribution is 2.24. The number of carbonyl (C=O) groups excluding carboxylic acids is 2. The van der Waals surface area contributed by atoms with Crippen LogP contribution in [0.5, 0.6) is 5.75 Å². The van der Waals surface area contributed by atoms with Crippen LogP contribution in [0.2, 0.25) is 5.28 Å². The van der Waals surface area contributed by atoms with Crippen molar-refractivity contribution in [1.29, 1.82) is 0 Å². The molecule has 4 rings (SSSR count). The summed E-state index contributed by atoms with van der Waals surface area (Å²) in [5.41, 5.74) is 8.82. The molecule has 41 heavy (non-hydrogen) atoms. The van der Waals surface area contributed by atoms with Gasteiger partial charge >= 0.3 is 6.09 Å². The van der Waals surface area contributed by atoms with Crippen molar-refractivity contribution in [3.05, 3.63) is 101 Å². The number of halogens is 1. The lowest BCUT2D eigenvalue weighted by molar-refractivity contribution is 0.0494. The Labute approximate surface area is 243 Å². The smallest absolute Gasteiger partial charge is 0.412 e. The molecule has 0 aliphatic carbocycles. The van der Waals surface area contributed by atoms with Gasteiger partial charge in [0.2, 0.25) is 5.28 Å². The Bertz CT molecular complexity index is 1530. The molecule has 0 atom stereocenters. The molecule has 0 spiro atoms. The van der Waals surface area contributed by atoms with Gasteiger partial charge in [-0.05, 0) is 79.0 Å². The molecule has 0 bridgehead atoms. The third-order valence-corrected chi connectivity index (χ3v) is 6.12. The second kappa shape index (κ2) is 13.0. The standard InChI is InChI=1S/C30H31ClN6O4/c1-30(2,16-20-6-4-7-21(32)14-20)41-29(39)36-23-9-5-8-22(15-23)35-26-25(18-34-28(31)37-26)27(38)33-17-19-10-12-24(40-3)13-11-19/h4-15,18H,16-17,32H2,1-3H3,(H,33,38)(H,36,39)(H,34,35,37). The van der Waals surface area contributed by atoms with Crippen LogP contribution in [-0.4, -0.2) is 34.7 Å². The maximum Gasteiger partial charge on any atom is 0.412 e. The van der Waals surface area contributed by atoms with E-state index in [2.05, 4.69) is 25.9 Å². The predicted molar refractivity (Wildman–Crippen MR) is 160 cm³/mol. The zero-order valence-electron chi connectivity index (χ0n) is 22.9. The molecule has 1 aromatic heterocycles. The number of nitrogens with two attached hydrogens (primary N) is 1. The number of nitrogen functional groups attached to an aromatic ring is 1. The maximum atomic E-state index is 13.0. The van der Waals surface area contributed by atoms with Gasteiger partial charge in [-0.2, -0.15) is 4.98 Å². The number of nitrogens with zero attached hydrogens (tertiary/aromatic N) is 2. The Hall–Kier alpha value is -4.83. The Morgan fingerprint density at radius 1 is 0.976 bits per heavy atom. The van der Waals surface area contributed by atoms with Gasteiger partial charge in [-0.15, -0.1) is 0 Å². The molecule has 0 unspecified atom stereocenters. The van der Waals surface area contributed by atoms with Gasteiger partial charge in [-0.3, -0.25) is 10.1 Å². The fraction of sp³-hybridized carbons (Fsp3) is 0.200. The highest BCUT2D eigenvalue weighted by atomic mass is 35.5. The number of anilines is 4. The van der Waals surface area contributed by atoms with Crippen LogP contribution in [0.1, 0.15) is 35.3 Å². The first-order chi connectivity index (χ1) is 19.6. The third-order valence-electron chi connectivity index (χ3n) is 5.94. The first-order valence-corrected chi connectivity index (χ1v) is 13.1. The summed E-state index contributed by atoms with van der Waals surface area (Å²) in [6.07, 6.45) is 1.23. The molecule has 0 aliphatic rings. The van der Waals surface area contributed by atoms with Crippen molar-refractivity contribution in [2.45, 2.75) is 32.4 Å². The Balaban J connectivity index is 1.40. The second-order valence-corrected chi connectivity index (χ2v) is 10.2. The lowest BCUT2D eigenvalue weighted by Crippen LogP contribution is -2.32. The number of aromatic nitrogens is 2. The Kier molecular flexibility index (Phi) is 9.26. The molecule has 0 fully saturated rings. The number of nitrogens with one attached hydrogen (secondary N) is 3. The summed E-state index contributed by atoms with van der Waals surface area (Å²) in [4.78, 5) is 33.8. The maximum absolute atomic E-state index is 13.0. The molecular formula is C30H31ClN6O4. The molecule has 4 aromatic rings. The topological polar surface area (TPSA) is 140 Å². The summed E-state index contributed by atoms with van der Waals surface area (Å²) >= 11 is 6.03. The molecule has 0 aliphatic heterocycles. The van der Waals surface area contributed by atoms with Crippen LogP contribution in [-0.2, 0) is 17.7 Å². The highest BCUT2D eigenvalue weighted by Gasteiger charge is 2.24. The second-order valence-electron chi connectivity index (χ2n) is 9.83. The first kappa shape index (κ1) is 29.2. The summed E-state index contributed by atoms with van der Waals surface area (Å²) in [7, 11) is 1.59. The lowest BCUT2D eigenvalue weighted by Gasteiger charge is -2.25. The number of rotatable bonds is 10. The molecule has 0 saturated carbocycles. The zero-order chi connectivity index (χ0) is 29.4. The minimum atomic E-state index is -0.778. The van der Waals surface area contributed by atoms with Crippen molar-refractivity contribution in [2.24, 2.45) is 0 Å². The van der Waals surface area contributed by atoms with Crippen LogP contribution in [0.15, 0.2) is 79.0 Å². The summed E-state index contributed by atoms with van der Waals surface area (Å²) in [6.45, 7) is 3.95. The predicted octanol–water partition coefficient (Wildman–Crippen LogP) is 5.96. The number of benzene rings is 3. The molecule has 10 nitrogen and oxygen atoms in total. The van der Waals surface area contributed by atoms with Gasteiger partial charge in [0.15, 0.2) is 0 Å². The van der Waals surface area contributed by atoms with E-state index in [1.807, 2.05) is 56.3 Å². The van der Waals surface area contributed by atoms with E-state index >= 15 is 0 Å². The van der Waals surface area contributed by atoms with Gasteiger partial charge in [-0.1, -0.05) is 30.3 Å². The Morgan fingerprint density at radius 2 is 1.71 bits per heavy atom. The number of ether oxygens (including phenoxy) is 2. The first-order valence-electron chi connectivity index (χ1n) is 12.8. The molecule has 0 saturated heterocycles. The van der Waals surface area contributed by atoms with Crippen LogP contribution in [0.25, 0.3) is 0 Å². The molecule has 1 heterocycles. The van der Waals surface area contributed by atoms with E-state index < -0.39 is 11.7 Å². The molecule has 11 heteroatoms. The summed E-state index contributed by atoms with van der Waals surface area (Å²) in [5.74, 6) is 0.546. The number of hydrogen-bond donors (Lipinski definition) is 4. The van der Waals surface area contributed by atoms with Crippen molar-refractivity contribution in [1.82, 2.24) is 15.3 Å². The number of amides is 2. The van der Waals surface area contributed by atoms with E-state index in [0.717, 1.165) is 16.9 Å². The van der Waals surface area contributed by atoms with Gasteiger partial charge in [-0.25, -0.2) is 9.78 Å². The van der Waals surface area contributed by atoms with Crippen LogP contribution < -0.4 is 26.4 Å². The summed E-state index contributed by atoms with van der Waals surface area (Å²) in [6, 6.07) is 21.7. The van der Waals surface area contributed by atoms with E-state index in [9.17, 15) is 9.59 Å². The monoisotopic (exact) mass is 574 g/mol. The molecule has 3 aromatic carbocycles. The van der Waals surface area contributed by atoms with Crippen molar-refractivity contribution in [3.8, 4) is 5.75 Å². The third kappa shape index (κ3) is 8.58. The average Bonchev–Trinajstić information content (AvgIpc) is 2.91. The zero-order valence-corrected chi connectivity index (χ0v) is 23.7. The van der Waals surface area contributed by atoms with Crippen LogP contribution >= 0.6 is 11.6 Å². The average molecular weight is 575 g/mol. The molecule has 0 radical (unpaired) electrons. The van der Waals surface area contributed by atoms with E-state index in [1.165, 1.54) is 6.20 Å². The lowest BCUT2D eigenvalue weighted by atomic mass is 9.98. The normalized spacial score (nSPS) is 10.9. The molecule has 2 amide bonds. The van der Waals surface area contributed by atoms with Crippen LogP contribution in [0.4, 0.5) is 27.7 Å². The largest absolute Gasteiger partial charge is 0.497 e. The van der Waals surface area contributed by atoms with Crippen molar-refractivity contribution in [3.63, 3.8) is 0 Å². The van der Waals surface area contributed by atoms with Crippen molar-refractivity contribution >= 4 is 46.5 Å². The number of hydrogen-bond acceptors (Lipinski definition) is 8. The summed E-state index contributed by atoms with van der Waals surface area (Å²) in [5, 5.41) is 8.66. The van der Waals surface area contributed by atoms with E-state index in [-0.39, 0.29) is 22.6 Å². The number of carbonyl (C=O) groups is 2. The quantitative estimate of drug-likeness (QED) is 0.134. The Morgan fingerprint density at radius 3 is 2.44 bits per heavy atom. The minimum Gasteiger partial charge on any atom is -0.497 e. The number of methoxy groups -OCH3 is 1. The minimum absolute atomic E-state index is 0.0283. The van der Waals surface area contributed by atoms with Crippen molar-refractivity contribution in [2.75, 3.05) is 23.5 Å². The van der Waals surface area contributed by atoms with Crippen LogP contribution in [0.3, 0.4) is 0 Å². The van der Waals surface area contributed by atoms with Gasteiger partial charge in [0, 0.05) is 36.2 Å². The van der Waals surface area contributed by atoms with E-state index in [4.69, 9.17) is 26.8 Å².